The Labute approximate surface area is 140 Å². The zero-order valence-corrected chi connectivity index (χ0v) is 14.2. The summed E-state index contributed by atoms with van der Waals surface area (Å²) in [5, 5.41) is 3.40. The Kier molecular flexibility index (Phi) is 5.59. The number of benzene rings is 2. The fourth-order valence-electron chi connectivity index (χ4n) is 1.78. The van der Waals surface area contributed by atoms with Gasteiger partial charge in [0.15, 0.2) is 0 Å². The summed E-state index contributed by atoms with van der Waals surface area (Å²) in [6.45, 7) is 1.88. The molecule has 0 spiro atoms. The summed E-state index contributed by atoms with van der Waals surface area (Å²) >= 11 is 5.92. The van der Waals surface area contributed by atoms with E-state index in [0.29, 0.717) is 10.7 Å². The Morgan fingerprint density at radius 3 is 2.43 bits per heavy atom. The van der Waals surface area contributed by atoms with Crippen LogP contribution in [0.3, 0.4) is 0 Å². The molecule has 0 bridgehead atoms. The van der Waals surface area contributed by atoms with Crippen molar-refractivity contribution in [3.8, 4) is 0 Å². The standard InChI is InChI=1S/C15H17ClN4O2S/c1-11-6-8-14(9-7-11)23(21,22)20-15(19-17-2)18-13-5-3-4-12(16)10-13/h3-10,17H,1-2H3,(H2,18,19,20). The van der Waals surface area contributed by atoms with Crippen LogP contribution >= 0.6 is 11.6 Å². The molecule has 2 aromatic rings. The largest absolute Gasteiger partial charge is 0.324 e. The molecule has 0 amide bonds. The number of nitrogens with zero attached hydrogens (tertiary/aromatic N) is 1. The van der Waals surface area contributed by atoms with Crippen LogP contribution in [0.25, 0.3) is 0 Å². The van der Waals surface area contributed by atoms with Crippen LogP contribution in [0.2, 0.25) is 5.02 Å². The van der Waals surface area contributed by atoms with Crippen LogP contribution in [-0.4, -0.2) is 21.4 Å². The molecule has 8 heteroatoms. The monoisotopic (exact) mass is 352 g/mol. The number of hydrogen-bond donors (Lipinski definition) is 3. The van der Waals surface area contributed by atoms with Crippen LogP contribution in [0, 0.1) is 6.92 Å². The van der Waals surface area contributed by atoms with Gasteiger partial charge in [-0.3, -0.25) is 5.43 Å². The lowest BCUT2D eigenvalue weighted by Crippen LogP contribution is -2.39. The molecule has 0 radical (unpaired) electrons. The third-order valence-corrected chi connectivity index (χ3v) is 4.39. The van der Waals surface area contributed by atoms with Gasteiger partial charge in [0.05, 0.1) is 4.90 Å². The van der Waals surface area contributed by atoms with E-state index < -0.39 is 10.0 Å². The van der Waals surface area contributed by atoms with E-state index in [1.54, 1.807) is 43.4 Å². The molecule has 2 aromatic carbocycles. The predicted molar refractivity (Wildman–Crippen MR) is 93.1 cm³/mol. The number of halogens is 1. The third-order valence-electron chi connectivity index (χ3n) is 2.86. The maximum Gasteiger partial charge on any atom is 0.285 e. The highest BCUT2D eigenvalue weighted by molar-refractivity contribution is 7.90. The third kappa shape index (κ3) is 4.95. The number of nitrogens with one attached hydrogen (secondary N) is 3. The van der Waals surface area contributed by atoms with Crippen LogP contribution < -0.4 is 16.2 Å². The Bertz CT molecular complexity index is 804. The smallest absolute Gasteiger partial charge is 0.285 e. The number of hydrazine groups is 1. The number of rotatable bonds is 4. The van der Waals surface area contributed by atoms with Crippen molar-refractivity contribution in [3.63, 3.8) is 0 Å². The Balaban J connectivity index is 2.31. The predicted octanol–water partition coefficient (Wildman–Crippen LogP) is 2.53. The maximum absolute atomic E-state index is 12.4. The van der Waals surface area contributed by atoms with Gasteiger partial charge >= 0.3 is 0 Å². The molecule has 0 heterocycles. The van der Waals surface area contributed by atoms with Gasteiger partial charge in [0.1, 0.15) is 0 Å². The van der Waals surface area contributed by atoms with Crippen molar-refractivity contribution in [2.75, 3.05) is 12.4 Å². The highest BCUT2D eigenvalue weighted by Gasteiger charge is 2.14. The molecule has 0 fully saturated rings. The summed E-state index contributed by atoms with van der Waals surface area (Å²) in [6, 6.07) is 13.4. The van der Waals surface area contributed by atoms with E-state index in [1.807, 2.05) is 6.92 Å². The topological polar surface area (TPSA) is 82.6 Å². The Hall–Kier alpha value is -2.09. The van der Waals surface area contributed by atoms with Crippen molar-refractivity contribution < 1.29 is 8.42 Å². The molecule has 0 atom stereocenters. The summed E-state index contributed by atoms with van der Waals surface area (Å²) in [5.41, 5.74) is 6.88. The first-order valence-electron chi connectivity index (χ1n) is 6.78. The number of aryl methyl sites for hydroxylation is 1. The minimum atomic E-state index is -3.84. The van der Waals surface area contributed by atoms with Gasteiger partial charge in [-0.25, -0.2) is 5.43 Å². The average Bonchev–Trinajstić information content (AvgIpc) is 2.47. The van der Waals surface area contributed by atoms with Crippen molar-refractivity contribution >= 4 is 33.3 Å². The molecule has 122 valence electrons. The maximum atomic E-state index is 12.4. The van der Waals surface area contributed by atoms with E-state index >= 15 is 0 Å². The highest BCUT2D eigenvalue weighted by atomic mass is 35.5. The van der Waals surface area contributed by atoms with E-state index in [4.69, 9.17) is 11.6 Å². The minimum Gasteiger partial charge on any atom is -0.324 e. The lowest BCUT2D eigenvalue weighted by molar-refractivity contribution is 0.597. The van der Waals surface area contributed by atoms with Crippen molar-refractivity contribution in [2.45, 2.75) is 11.8 Å². The van der Waals surface area contributed by atoms with Gasteiger partial charge in [0.25, 0.3) is 10.0 Å². The molecule has 0 aliphatic rings. The van der Waals surface area contributed by atoms with Gasteiger partial charge in [0, 0.05) is 17.8 Å². The van der Waals surface area contributed by atoms with Gasteiger partial charge in [-0.2, -0.15) is 8.42 Å². The van der Waals surface area contributed by atoms with Crippen LogP contribution in [0.5, 0.6) is 0 Å². The van der Waals surface area contributed by atoms with Crippen molar-refractivity contribution in [1.82, 2.24) is 10.9 Å². The number of anilines is 1. The Morgan fingerprint density at radius 1 is 1.13 bits per heavy atom. The van der Waals surface area contributed by atoms with Gasteiger partial charge < -0.3 is 5.32 Å². The highest BCUT2D eigenvalue weighted by Crippen LogP contribution is 2.16. The average molecular weight is 353 g/mol. The molecule has 23 heavy (non-hydrogen) atoms. The van der Waals surface area contributed by atoms with Gasteiger partial charge in [-0.1, -0.05) is 35.4 Å². The first-order valence-corrected chi connectivity index (χ1v) is 8.59. The summed E-state index contributed by atoms with van der Waals surface area (Å²) in [6.07, 6.45) is 0. The van der Waals surface area contributed by atoms with Crippen LogP contribution in [0.15, 0.2) is 57.8 Å². The minimum absolute atomic E-state index is 0.0374. The van der Waals surface area contributed by atoms with E-state index in [-0.39, 0.29) is 10.9 Å². The second-order valence-electron chi connectivity index (χ2n) is 4.74. The quantitative estimate of drug-likeness (QED) is 0.447. The first kappa shape index (κ1) is 17.3. The molecule has 2 rings (SSSR count). The van der Waals surface area contributed by atoms with E-state index in [2.05, 4.69) is 20.6 Å². The van der Waals surface area contributed by atoms with E-state index in [1.165, 1.54) is 12.1 Å². The Morgan fingerprint density at radius 2 is 1.83 bits per heavy atom. The summed E-state index contributed by atoms with van der Waals surface area (Å²) < 4.78 is 28.5. The van der Waals surface area contributed by atoms with Crippen LogP contribution in [-0.2, 0) is 10.0 Å². The molecule has 0 saturated heterocycles. The molecule has 0 aromatic heterocycles. The zero-order chi connectivity index (χ0) is 16.9. The van der Waals surface area contributed by atoms with Gasteiger partial charge in [-0.05, 0) is 37.3 Å². The lowest BCUT2D eigenvalue weighted by atomic mass is 10.2. The van der Waals surface area contributed by atoms with Crippen LogP contribution in [0.1, 0.15) is 5.56 Å². The van der Waals surface area contributed by atoms with Crippen molar-refractivity contribution in [3.05, 3.63) is 59.1 Å². The summed E-state index contributed by atoms with van der Waals surface area (Å²) in [7, 11) is -2.23. The molecule has 6 nitrogen and oxygen atoms in total. The van der Waals surface area contributed by atoms with Crippen LogP contribution in [0.4, 0.5) is 5.69 Å². The lowest BCUT2D eigenvalue weighted by Gasteiger charge is -2.11. The zero-order valence-electron chi connectivity index (χ0n) is 12.7. The number of guanidine groups is 1. The van der Waals surface area contributed by atoms with Crippen molar-refractivity contribution in [2.24, 2.45) is 4.40 Å². The SMILES string of the molecule is CNNC(=NS(=O)(=O)c1ccc(C)cc1)Nc1cccc(Cl)c1. The molecule has 0 unspecified atom stereocenters. The number of sulfonamides is 1. The molecular formula is C15H17ClN4O2S. The summed E-state index contributed by atoms with van der Waals surface area (Å²) in [5.74, 6) is 0.0374. The van der Waals surface area contributed by atoms with E-state index in [0.717, 1.165) is 5.56 Å². The molecule has 0 saturated carbocycles. The van der Waals surface area contributed by atoms with Crippen molar-refractivity contribution in [1.29, 1.82) is 0 Å². The second kappa shape index (κ2) is 7.45. The normalized spacial score (nSPS) is 12.0. The molecule has 0 aliphatic carbocycles. The van der Waals surface area contributed by atoms with E-state index in [9.17, 15) is 8.42 Å². The number of hydrogen-bond acceptors (Lipinski definition) is 3. The van der Waals surface area contributed by atoms with Gasteiger partial charge in [-0.15, -0.1) is 4.40 Å². The fraction of sp³-hybridized carbons (Fsp3) is 0.133. The molecule has 0 aliphatic heterocycles. The molecular weight excluding hydrogens is 336 g/mol. The van der Waals surface area contributed by atoms with Gasteiger partial charge in [0.2, 0.25) is 5.96 Å². The first-order chi connectivity index (χ1) is 10.9. The summed E-state index contributed by atoms with van der Waals surface area (Å²) in [4.78, 5) is 0.117. The second-order valence-corrected chi connectivity index (χ2v) is 6.78. The molecule has 3 N–H and O–H groups in total. The fourth-order valence-corrected chi connectivity index (χ4v) is 2.89.